The van der Waals surface area contributed by atoms with E-state index >= 15 is 0 Å². The Hall–Kier alpha value is -3.40. The standard InChI is InChI=1S/C26H28ClN3O.C2HF3O2/c27-24-11-13-25(14-12-24)28-26(31)23-9-7-22(8-10-23)20-30-16-4-15-29(17-18-30)19-21-5-2-1-3-6-21;3-2(4,5)1(6)7/h1-3,5-14H,4,15-20H2,(H,28,31);(H,6,7). The smallest absolute Gasteiger partial charge is 0.475 e. The van der Waals surface area contributed by atoms with Crippen LogP contribution in [0.2, 0.25) is 5.02 Å². The van der Waals surface area contributed by atoms with Gasteiger partial charge in [0, 0.05) is 42.5 Å². The van der Waals surface area contributed by atoms with Crippen LogP contribution >= 0.6 is 11.6 Å². The summed E-state index contributed by atoms with van der Waals surface area (Å²) < 4.78 is 31.7. The second kappa shape index (κ2) is 13.9. The Bertz CT molecular complexity index is 1170. The molecule has 1 aliphatic rings. The number of hydrogen-bond acceptors (Lipinski definition) is 4. The Balaban J connectivity index is 0.000000505. The normalized spacial score (nSPS) is 14.6. The van der Waals surface area contributed by atoms with E-state index in [4.69, 9.17) is 21.5 Å². The number of alkyl halides is 3. The minimum absolute atomic E-state index is 0.111. The van der Waals surface area contributed by atoms with Gasteiger partial charge in [0.2, 0.25) is 0 Å². The van der Waals surface area contributed by atoms with Gasteiger partial charge in [-0.3, -0.25) is 14.6 Å². The van der Waals surface area contributed by atoms with E-state index in [0.717, 1.165) is 45.0 Å². The van der Waals surface area contributed by atoms with Gasteiger partial charge in [0.1, 0.15) is 0 Å². The highest BCUT2D eigenvalue weighted by Crippen LogP contribution is 2.16. The summed E-state index contributed by atoms with van der Waals surface area (Å²) in [7, 11) is 0. The topological polar surface area (TPSA) is 72.9 Å². The Labute approximate surface area is 224 Å². The molecule has 0 radical (unpaired) electrons. The lowest BCUT2D eigenvalue weighted by Gasteiger charge is -2.22. The van der Waals surface area contributed by atoms with E-state index in [1.807, 2.05) is 12.1 Å². The lowest BCUT2D eigenvalue weighted by Crippen LogP contribution is -2.30. The van der Waals surface area contributed by atoms with Crippen molar-refractivity contribution in [1.82, 2.24) is 9.80 Å². The molecule has 1 heterocycles. The Kier molecular flexibility index (Phi) is 10.7. The summed E-state index contributed by atoms with van der Waals surface area (Å²) in [5, 5.41) is 10.7. The van der Waals surface area contributed by atoms with Crippen LogP contribution < -0.4 is 5.32 Å². The molecule has 1 saturated heterocycles. The number of hydrogen-bond donors (Lipinski definition) is 2. The van der Waals surface area contributed by atoms with Gasteiger partial charge in [-0.1, -0.05) is 54.1 Å². The van der Waals surface area contributed by atoms with Crippen LogP contribution in [-0.2, 0) is 17.9 Å². The summed E-state index contributed by atoms with van der Waals surface area (Å²) in [5.41, 5.74) is 4.01. The number of amides is 1. The largest absolute Gasteiger partial charge is 0.490 e. The number of carbonyl (C=O) groups is 2. The van der Waals surface area contributed by atoms with Crippen molar-refractivity contribution in [2.24, 2.45) is 0 Å². The van der Waals surface area contributed by atoms with Gasteiger partial charge in [-0.15, -0.1) is 0 Å². The zero-order valence-corrected chi connectivity index (χ0v) is 21.4. The first-order valence-corrected chi connectivity index (χ1v) is 12.4. The van der Waals surface area contributed by atoms with Crippen LogP contribution in [0.5, 0.6) is 0 Å². The number of nitrogens with zero attached hydrogens (tertiary/aromatic N) is 2. The number of carboxylic acids is 1. The lowest BCUT2D eigenvalue weighted by molar-refractivity contribution is -0.192. The Morgan fingerprint density at radius 3 is 1.79 bits per heavy atom. The number of carboxylic acid groups (broad SMARTS) is 1. The number of anilines is 1. The molecule has 0 unspecified atom stereocenters. The summed E-state index contributed by atoms with van der Waals surface area (Å²) in [6.07, 6.45) is -3.91. The predicted octanol–water partition coefficient (Wildman–Crippen LogP) is 5.93. The highest BCUT2D eigenvalue weighted by atomic mass is 35.5. The number of aliphatic carboxylic acids is 1. The molecule has 0 aliphatic carbocycles. The average Bonchev–Trinajstić information content (AvgIpc) is 3.11. The molecule has 6 nitrogen and oxygen atoms in total. The molecular weight excluding hydrogens is 519 g/mol. The van der Waals surface area contributed by atoms with Gasteiger partial charge in [-0.2, -0.15) is 13.2 Å². The van der Waals surface area contributed by atoms with Gasteiger partial charge in [-0.05, 0) is 67.0 Å². The van der Waals surface area contributed by atoms with Crippen molar-refractivity contribution in [3.63, 3.8) is 0 Å². The van der Waals surface area contributed by atoms with Gasteiger partial charge >= 0.3 is 12.1 Å². The van der Waals surface area contributed by atoms with Gasteiger partial charge in [0.05, 0.1) is 0 Å². The summed E-state index contributed by atoms with van der Waals surface area (Å²) in [5.74, 6) is -2.87. The molecule has 0 atom stereocenters. The first-order valence-electron chi connectivity index (χ1n) is 12.0. The number of carbonyl (C=O) groups excluding carboxylic acids is 1. The summed E-state index contributed by atoms with van der Waals surface area (Å²) >= 11 is 5.90. The minimum atomic E-state index is -5.08. The molecule has 4 rings (SSSR count). The fourth-order valence-corrected chi connectivity index (χ4v) is 4.06. The third-order valence-electron chi connectivity index (χ3n) is 5.90. The zero-order chi connectivity index (χ0) is 27.5. The van der Waals surface area contributed by atoms with Crippen LogP contribution in [-0.4, -0.2) is 59.1 Å². The average molecular weight is 548 g/mol. The summed E-state index contributed by atoms with van der Waals surface area (Å²) in [6.45, 7) is 6.31. The molecule has 0 saturated carbocycles. The van der Waals surface area contributed by atoms with Crippen LogP contribution in [0.15, 0.2) is 78.9 Å². The zero-order valence-electron chi connectivity index (χ0n) is 20.6. The van der Waals surface area contributed by atoms with E-state index < -0.39 is 12.1 Å². The number of rotatable bonds is 6. The maximum absolute atomic E-state index is 12.5. The van der Waals surface area contributed by atoms with Crippen molar-refractivity contribution in [1.29, 1.82) is 0 Å². The molecule has 38 heavy (non-hydrogen) atoms. The third kappa shape index (κ3) is 9.81. The minimum Gasteiger partial charge on any atom is -0.475 e. The van der Waals surface area contributed by atoms with Crippen molar-refractivity contribution >= 4 is 29.2 Å². The molecule has 0 bridgehead atoms. The third-order valence-corrected chi connectivity index (χ3v) is 6.15. The van der Waals surface area contributed by atoms with E-state index in [1.165, 1.54) is 17.5 Å². The van der Waals surface area contributed by atoms with Crippen LogP contribution in [0.25, 0.3) is 0 Å². The molecule has 3 aromatic carbocycles. The number of nitrogens with one attached hydrogen (secondary N) is 1. The lowest BCUT2D eigenvalue weighted by atomic mass is 10.1. The molecule has 0 spiro atoms. The number of benzene rings is 3. The first-order chi connectivity index (χ1) is 18.1. The van der Waals surface area contributed by atoms with Crippen molar-refractivity contribution in [3.8, 4) is 0 Å². The SMILES string of the molecule is O=C(Nc1ccc(Cl)cc1)c1ccc(CN2CCCN(Cc3ccccc3)CC2)cc1.O=C(O)C(F)(F)F. The van der Waals surface area contributed by atoms with Gasteiger partial charge in [-0.25, -0.2) is 4.79 Å². The van der Waals surface area contributed by atoms with Crippen molar-refractivity contribution < 1.29 is 27.9 Å². The molecule has 1 amide bonds. The second-order valence-electron chi connectivity index (χ2n) is 8.85. The van der Waals surface area contributed by atoms with Crippen molar-refractivity contribution in [3.05, 3.63) is 101 Å². The maximum Gasteiger partial charge on any atom is 0.490 e. The molecule has 2 N–H and O–H groups in total. The molecule has 202 valence electrons. The van der Waals surface area contributed by atoms with E-state index in [9.17, 15) is 18.0 Å². The van der Waals surface area contributed by atoms with E-state index in [2.05, 4.69) is 57.6 Å². The molecule has 0 aromatic heterocycles. The highest BCUT2D eigenvalue weighted by Gasteiger charge is 2.38. The molecule has 10 heteroatoms. The molecule has 1 aliphatic heterocycles. The van der Waals surface area contributed by atoms with Gasteiger partial charge in [0.25, 0.3) is 5.91 Å². The van der Waals surface area contributed by atoms with E-state index in [-0.39, 0.29) is 5.91 Å². The first kappa shape index (κ1) is 29.2. The Morgan fingerprint density at radius 1 is 0.789 bits per heavy atom. The van der Waals surface area contributed by atoms with Crippen molar-refractivity contribution in [2.75, 3.05) is 31.5 Å². The molecular formula is C28H29ClF3N3O3. The predicted molar refractivity (Wildman–Crippen MR) is 141 cm³/mol. The van der Waals surface area contributed by atoms with Crippen LogP contribution in [0.4, 0.5) is 18.9 Å². The highest BCUT2D eigenvalue weighted by molar-refractivity contribution is 6.30. The monoisotopic (exact) mass is 547 g/mol. The van der Waals surface area contributed by atoms with Crippen LogP contribution in [0.3, 0.4) is 0 Å². The number of halogens is 4. The summed E-state index contributed by atoms with van der Waals surface area (Å²) in [4.78, 5) is 26.4. The quantitative estimate of drug-likeness (QED) is 0.400. The van der Waals surface area contributed by atoms with E-state index in [0.29, 0.717) is 10.6 Å². The van der Waals surface area contributed by atoms with Crippen LogP contribution in [0, 0.1) is 0 Å². The van der Waals surface area contributed by atoms with Crippen molar-refractivity contribution in [2.45, 2.75) is 25.7 Å². The fourth-order valence-electron chi connectivity index (χ4n) is 3.94. The van der Waals surface area contributed by atoms with Gasteiger partial charge < -0.3 is 10.4 Å². The summed E-state index contributed by atoms with van der Waals surface area (Å²) in [6, 6.07) is 25.8. The molecule has 3 aromatic rings. The second-order valence-corrected chi connectivity index (χ2v) is 9.29. The maximum atomic E-state index is 12.5. The van der Waals surface area contributed by atoms with Crippen LogP contribution in [0.1, 0.15) is 27.9 Å². The van der Waals surface area contributed by atoms with E-state index in [1.54, 1.807) is 24.3 Å². The Morgan fingerprint density at radius 2 is 1.29 bits per heavy atom. The fraction of sp³-hybridized carbons (Fsp3) is 0.286. The molecule has 1 fully saturated rings. The van der Waals surface area contributed by atoms with Gasteiger partial charge in [0.15, 0.2) is 0 Å².